The van der Waals surface area contributed by atoms with E-state index in [0.717, 1.165) is 5.56 Å². The van der Waals surface area contributed by atoms with Crippen LogP contribution in [0, 0.1) is 6.92 Å². The van der Waals surface area contributed by atoms with Crippen molar-refractivity contribution in [3.63, 3.8) is 0 Å². The maximum Gasteiger partial charge on any atom is 0.338 e. The van der Waals surface area contributed by atoms with E-state index in [0.29, 0.717) is 17.1 Å². The third kappa shape index (κ3) is 3.98. The second kappa shape index (κ2) is 7.11. The molecular weight excluding hydrogens is 356 g/mol. The number of sulfonamides is 1. The van der Waals surface area contributed by atoms with Crippen LogP contribution in [0.25, 0.3) is 11.5 Å². The van der Waals surface area contributed by atoms with Crippen LogP contribution in [0.2, 0.25) is 0 Å². The molecule has 1 aromatic heterocycles. The number of rotatable bonds is 5. The molecule has 0 aliphatic rings. The Balaban J connectivity index is 1.71. The predicted octanol–water partition coefficient (Wildman–Crippen LogP) is 2.65. The van der Waals surface area contributed by atoms with E-state index in [1.54, 1.807) is 6.92 Å². The number of hydrogen-bond acceptors (Lipinski definition) is 6. The van der Waals surface area contributed by atoms with Crippen LogP contribution in [0.3, 0.4) is 0 Å². The molecule has 0 spiro atoms. The minimum atomic E-state index is -3.92. The first-order valence-corrected chi connectivity index (χ1v) is 9.19. The first-order chi connectivity index (χ1) is 12.3. The number of aromatic nitrogens is 1. The lowest BCUT2D eigenvalue weighted by atomic mass is 10.1. The van der Waals surface area contributed by atoms with Crippen molar-refractivity contribution >= 4 is 16.0 Å². The van der Waals surface area contributed by atoms with Crippen molar-refractivity contribution in [3.05, 3.63) is 71.6 Å². The normalized spacial score (nSPS) is 11.3. The van der Waals surface area contributed by atoms with Gasteiger partial charge in [-0.1, -0.05) is 24.3 Å². The van der Waals surface area contributed by atoms with Gasteiger partial charge in [-0.05, 0) is 36.8 Å². The van der Waals surface area contributed by atoms with Crippen LogP contribution in [0.15, 0.2) is 64.1 Å². The number of hydrogen-bond donors (Lipinski definition) is 1. The molecule has 0 aliphatic carbocycles. The van der Waals surface area contributed by atoms with Gasteiger partial charge < -0.3 is 9.15 Å². The molecule has 26 heavy (non-hydrogen) atoms. The lowest BCUT2D eigenvalue weighted by molar-refractivity contribution is 0.0467. The van der Waals surface area contributed by atoms with Crippen LogP contribution in [0.4, 0.5) is 0 Å². The number of nitrogens with zero attached hydrogens (tertiary/aromatic N) is 1. The number of aryl methyl sites for hydroxylation is 1. The Hall–Kier alpha value is -2.97. The monoisotopic (exact) mass is 372 g/mol. The Bertz CT molecular complexity index is 1040. The first-order valence-electron chi connectivity index (χ1n) is 7.65. The van der Waals surface area contributed by atoms with E-state index in [-0.39, 0.29) is 17.1 Å². The number of ether oxygens (including phenoxy) is 1. The molecule has 3 rings (SSSR count). The van der Waals surface area contributed by atoms with Gasteiger partial charge in [-0.3, -0.25) is 0 Å². The molecule has 3 aromatic rings. The van der Waals surface area contributed by atoms with Crippen LogP contribution >= 0.6 is 0 Å². The van der Waals surface area contributed by atoms with Crippen molar-refractivity contribution in [1.82, 2.24) is 4.98 Å². The van der Waals surface area contributed by atoms with Gasteiger partial charge in [0.25, 0.3) is 0 Å². The van der Waals surface area contributed by atoms with Crippen molar-refractivity contribution in [2.24, 2.45) is 5.14 Å². The quantitative estimate of drug-likeness (QED) is 0.689. The number of benzene rings is 2. The topological polar surface area (TPSA) is 112 Å². The summed E-state index contributed by atoms with van der Waals surface area (Å²) in [6.45, 7) is 1.49. The summed E-state index contributed by atoms with van der Waals surface area (Å²) in [5, 5.41) is 5.15. The summed E-state index contributed by atoms with van der Waals surface area (Å²) in [4.78, 5) is 16.3. The van der Waals surface area contributed by atoms with Crippen molar-refractivity contribution in [1.29, 1.82) is 0 Å². The third-order valence-corrected chi connectivity index (χ3v) is 4.71. The van der Waals surface area contributed by atoms with E-state index < -0.39 is 16.0 Å². The van der Waals surface area contributed by atoms with Crippen molar-refractivity contribution < 1.29 is 22.4 Å². The molecule has 2 N–H and O–H groups in total. The molecule has 1 heterocycles. The Morgan fingerprint density at radius 2 is 1.92 bits per heavy atom. The predicted molar refractivity (Wildman–Crippen MR) is 93.6 cm³/mol. The number of esters is 1. The molecule has 8 heteroatoms. The van der Waals surface area contributed by atoms with E-state index >= 15 is 0 Å². The number of primary sulfonamides is 1. The second-order valence-corrected chi connectivity index (χ2v) is 7.14. The molecule has 134 valence electrons. The van der Waals surface area contributed by atoms with E-state index in [1.807, 2.05) is 30.3 Å². The van der Waals surface area contributed by atoms with Gasteiger partial charge in [-0.15, -0.1) is 0 Å². The summed E-state index contributed by atoms with van der Waals surface area (Å²) in [6, 6.07) is 13.5. The summed E-state index contributed by atoms with van der Waals surface area (Å²) in [6.07, 6.45) is 1.40. The van der Waals surface area contributed by atoms with Crippen molar-refractivity contribution in [2.45, 2.75) is 18.4 Å². The highest BCUT2D eigenvalue weighted by Crippen LogP contribution is 2.19. The maximum absolute atomic E-state index is 12.2. The van der Waals surface area contributed by atoms with Gasteiger partial charge in [0.1, 0.15) is 18.6 Å². The smallest absolute Gasteiger partial charge is 0.338 e. The van der Waals surface area contributed by atoms with Gasteiger partial charge in [-0.2, -0.15) is 0 Å². The van der Waals surface area contributed by atoms with Crippen molar-refractivity contribution in [3.8, 4) is 11.5 Å². The highest BCUT2D eigenvalue weighted by molar-refractivity contribution is 7.89. The molecule has 0 unspecified atom stereocenters. The Labute approximate surface area is 150 Å². The zero-order valence-electron chi connectivity index (χ0n) is 13.9. The summed E-state index contributed by atoms with van der Waals surface area (Å²) < 4.78 is 33.6. The van der Waals surface area contributed by atoms with Crippen LogP contribution in [-0.2, 0) is 21.4 Å². The largest absolute Gasteiger partial charge is 0.455 e. The second-order valence-electron chi connectivity index (χ2n) is 5.61. The molecule has 2 aromatic carbocycles. The molecule has 0 radical (unpaired) electrons. The fourth-order valence-electron chi connectivity index (χ4n) is 2.34. The van der Waals surface area contributed by atoms with Gasteiger partial charge in [-0.25, -0.2) is 23.3 Å². The van der Waals surface area contributed by atoms with Crippen LogP contribution in [0.5, 0.6) is 0 Å². The van der Waals surface area contributed by atoms with Crippen LogP contribution < -0.4 is 5.14 Å². The van der Waals surface area contributed by atoms with E-state index in [9.17, 15) is 13.2 Å². The SMILES string of the molecule is Cc1ccc(C(=O)OCc2coc(-c3ccccc3)n2)cc1S(N)(=O)=O. The Morgan fingerprint density at radius 3 is 2.62 bits per heavy atom. The van der Waals surface area contributed by atoms with Gasteiger partial charge >= 0.3 is 5.97 Å². The number of nitrogens with two attached hydrogens (primary N) is 1. The fourth-order valence-corrected chi connectivity index (χ4v) is 3.15. The minimum absolute atomic E-state index is 0.0893. The van der Waals surface area contributed by atoms with Crippen molar-refractivity contribution in [2.75, 3.05) is 0 Å². The molecule has 0 aliphatic heterocycles. The molecule has 7 nitrogen and oxygen atoms in total. The van der Waals surface area contributed by atoms with E-state index in [4.69, 9.17) is 14.3 Å². The molecule has 0 bridgehead atoms. The number of carbonyl (C=O) groups is 1. The van der Waals surface area contributed by atoms with E-state index in [2.05, 4.69) is 4.98 Å². The lowest BCUT2D eigenvalue weighted by Crippen LogP contribution is -2.15. The zero-order valence-corrected chi connectivity index (χ0v) is 14.7. The maximum atomic E-state index is 12.2. The highest BCUT2D eigenvalue weighted by atomic mass is 32.2. The highest BCUT2D eigenvalue weighted by Gasteiger charge is 2.16. The van der Waals surface area contributed by atoms with Gasteiger partial charge in [0.15, 0.2) is 0 Å². The van der Waals surface area contributed by atoms with Crippen LogP contribution in [-0.4, -0.2) is 19.4 Å². The molecular formula is C18H16N2O5S. The minimum Gasteiger partial charge on any atom is -0.455 e. The van der Waals surface area contributed by atoms with Gasteiger partial charge in [0.05, 0.1) is 10.5 Å². The molecule has 0 saturated carbocycles. The van der Waals surface area contributed by atoms with Crippen LogP contribution in [0.1, 0.15) is 21.6 Å². The lowest BCUT2D eigenvalue weighted by Gasteiger charge is -2.07. The molecule has 0 atom stereocenters. The molecule has 0 amide bonds. The molecule has 0 fully saturated rings. The average molecular weight is 372 g/mol. The summed E-state index contributed by atoms with van der Waals surface area (Å²) in [5.41, 5.74) is 1.79. The van der Waals surface area contributed by atoms with E-state index in [1.165, 1.54) is 24.5 Å². The summed E-state index contributed by atoms with van der Waals surface area (Å²) in [7, 11) is -3.92. The van der Waals surface area contributed by atoms with Gasteiger partial charge in [0, 0.05) is 5.56 Å². The summed E-state index contributed by atoms with van der Waals surface area (Å²) in [5.74, 6) is -0.261. The zero-order chi connectivity index (χ0) is 18.7. The Morgan fingerprint density at radius 1 is 1.19 bits per heavy atom. The third-order valence-electron chi connectivity index (χ3n) is 3.65. The first kappa shape index (κ1) is 17.8. The standard InChI is InChI=1S/C18H16N2O5S/c1-12-7-8-14(9-16(12)26(19,22)23)18(21)25-11-15-10-24-17(20-15)13-5-3-2-4-6-13/h2-10H,11H2,1H3,(H2,19,22,23). The number of oxazole rings is 1. The van der Waals surface area contributed by atoms with Gasteiger partial charge in [0.2, 0.25) is 15.9 Å². The fraction of sp³-hybridized carbons (Fsp3) is 0.111. The summed E-state index contributed by atoms with van der Waals surface area (Å²) >= 11 is 0. The average Bonchev–Trinajstić information content (AvgIpc) is 3.09. The molecule has 0 saturated heterocycles. The number of carbonyl (C=O) groups excluding carboxylic acids is 1. The Kier molecular flexibility index (Phi) is 4.88.